The molecule has 0 amide bonds. The smallest absolute Gasteiger partial charge is 0.212 e. The van der Waals surface area contributed by atoms with Gasteiger partial charge in [0.15, 0.2) is 6.29 Å². The van der Waals surface area contributed by atoms with Crippen LogP contribution in [-0.4, -0.2) is 12.0 Å². The van der Waals surface area contributed by atoms with Crippen LogP contribution in [0, 0.1) is 0 Å². The highest BCUT2D eigenvalue weighted by molar-refractivity contribution is 6.36. The van der Waals surface area contributed by atoms with Gasteiger partial charge in [0.05, 0.1) is 0 Å². The van der Waals surface area contributed by atoms with Gasteiger partial charge in [0.1, 0.15) is 5.71 Å². The topological polar surface area (TPSA) is 38.7 Å². The summed E-state index contributed by atoms with van der Waals surface area (Å²) in [6, 6.07) is 39.1. The van der Waals surface area contributed by atoms with Crippen molar-refractivity contribution in [1.82, 2.24) is 0 Å². The normalized spacial score (nSPS) is 11.7. The fraction of sp³-hybridized carbons (Fsp3) is 0.0370. The quantitative estimate of drug-likeness (QED) is 0.178. The lowest BCUT2D eigenvalue weighted by Gasteiger charge is -2.33. The number of aldehydes is 1. The minimum atomic E-state index is -1.01. The number of hydrogen-bond acceptors (Lipinski definition) is 3. The fourth-order valence-electron chi connectivity index (χ4n) is 3.55. The number of rotatable bonds is 7. The van der Waals surface area contributed by atoms with E-state index in [1.807, 2.05) is 121 Å². The lowest BCUT2D eigenvalue weighted by Crippen LogP contribution is -2.31. The van der Waals surface area contributed by atoms with Crippen LogP contribution < -0.4 is 0 Å². The van der Waals surface area contributed by atoms with Crippen LogP contribution in [0.3, 0.4) is 0 Å². The van der Waals surface area contributed by atoms with E-state index in [1.165, 1.54) is 0 Å². The minimum absolute atomic E-state index is 0.239. The molecule has 30 heavy (non-hydrogen) atoms. The Morgan fingerprint density at radius 1 is 0.600 bits per heavy atom. The Morgan fingerprint density at radius 2 is 0.967 bits per heavy atom. The van der Waals surface area contributed by atoms with Gasteiger partial charge in [0.2, 0.25) is 5.60 Å². The highest BCUT2D eigenvalue weighted by atomic mass is 16.7. The van der Waals surface area contributed by atoms with Crippen molar-refractivity contribution < 1.29 is 9.63 Å². The Labute approximate surface area is 176 Å². The molecule has 0 saturated carbocycles. The van der Waals surface area contributed by atoms with Crippen molar-refractivity contribution in [2.45, 2.75) is 5.60 Å². The zero-order valence-corrected chi connectivity index (χ0v) is 16.4. The molecule has 3 heteroatoms. The van der Waals surface area contributed by atoms with Crippen LogP contribution in [0.4, 0.5) is 0 Å². The van der Waals surface area contributed by atoms with E-state index in [-0.39, 0.29) is 5.71 Å². The lowest BCUT2D eigenvalue weighted by atomic mass is 9.80. The summed E-state index contributed by atoms with van der Waals surface area (Å²) in [5.41, 5.74) is 2.70. The third kappa shape index (κ3) is 3.78. The van der Waals surface area contributed by atoms with Gasteiger partial charge in [-0.3, -0.25) is 4.79 Å². The minimum Gasteiger partial charge on any atom is -0.374 e. The first kappa shape index (κ1) is 19.3. The van der Waals surface area contributed by atoms with Crippen LogP contribution in [0.1, 0.15) is 22.3 Å². The Morgan fingerprint density at radius 3 is 1.33 bits per heavy atom. The molecular formula is C27H21NO2. The van der Waals surface area contributed by atoms with Crippen LogP contribution in [0.5, 0.6) is 0 Å². The molecule has 0 aliphatic heterocycles. The van der Waals surface area contributed by atoms with Gasteiger partial charge >= 0.3 is 0 Å². The van der Waals surface area contributed by atoms with Crippen LogP contribution in [0.15, 0.2) is 126 Å². The van der Waals surface area contributed by atoms with Gasteiger partial charge in [-0.1, -0.05) is 126 Å². The van der Waals surface area contributed by atoms with Crippen LogP contribution in [0.25, 0.3) is 0 Å². The summed E-state index contributed by atoms with van der Waals surface area (Å²) in [7, 11) is 0. The molecule has 0 atom stereocenters. The lowest BCUT2D eigenvalue weighted by molar-refractivity contribution is -0.103. The summed E-state index contributed by atoms with van der Waals surface area (Å²) in [6.45, 7) is 0. The molecule has 4 aromatic carbocycles. The van der Waals surface area contributed by atoms with E-state index in [1.54, 1.807) is 0 Å². The van der Waals surface area contributed by atoms with Crippen LogP contribution in [0.2, 0.25) is 0 Å². The summed E-state index contributed by atoms with van der Waals surface area (Å²) >= 11 is 0. The van der Waals surface area contributed by atoms with E-state index in [9.17, 15) is 4.79 Å². The standard InChI is InChI=1S/C27H21NO2/c29-21-26(22-13-5-1-6-14-22)28-30-27(23-15-7-2-8-16-23,24-17-9-3-10-18-24)25-19-11-4-12-20-25/h1-21H. The van der Waals surface area contributed by atoms with Gasteiger partial charge in [0.25, 0.3) is 0 Å². The summed E-state index contributed by atoms with van der Waals surface area (Å²) in [5, 5.41) is 4.36. The summed E-state index contributed by atoms with van der Waals surface area (Å²) in [5.74, 6) is 0. The third-order valence-corrected chi connectivity index (χ3v) is 5.00. The van der Waals surface area contributed by atoms with Gasteiger partial charge in [0, 0.05) is 22.3 Å². The zero-order chi connectivity index (χ0) is 20.7. The number of hydrogen-bond donors (Lipinski definition) is 0. The predicted octanol–water partition coefficient (Wildman–Crippen LogP) is 5.60. The van der Waals surface area contributed by atoms with E-state index in [0.717, 1.165) is 23.0 Å². The zero-order valence-electron chi connectivity index (χ0n) is 16.4. The highest BCUT2D eigenvalue weighted by Gasteiger charge is 2.39. The van der Waals surface area contributed by atoms with E-state index in [4.69, 9.17) is 4.84 Å². The second-order valence-electron chi connectivity index (χ2n) is 6.83. The average molecular weight is 391 g/mol. The molecule has 0 aliphatic rings. The predicted molar refractivity (Wildman–Crippen MR) is 119 cm³/mol. The molecule has 4 rings (SSSR count). The average Bonchev–Trinajstić information content (AvgIpc) is 2.84. The van der Waals surface area contributed by atoms with E-state index in [0.29, 0.717) is 5.56 Å². The number of benzene rings is 4. The summed E-state index contributed by atoms with van der Waals surface area (Å²) in [6.07, 6.45) is 0.723. The van der Waals surface area contributed by atoms with Gasteiger partial charge in [-0.25, -0.2) is 0 Å². The van der Waals surface area contributed by atoms with Crippen molar-refractivity contribution in [2.75, 3.05) is 0 Å². The molecule has 0 unspecified atom stereocenters. The molecule has 0 aliphatic carbocycles. The molecule has 0 radical (unpaired) electrons. The van der Waals surface area contributed by atoms with Crippen molar-refractivity contribution in [3.05, 3.63) is 144 Å². The number of carbonyl (C=O) groups excluding carboxylic acids is 1. The maximum absolute atomic E-state index is 11.8. The molecule has 3 nitrogen and oxygen atoms in total. The van der Waals surface area contributed by atoms with Crippen molar-refractivity contribution >= 4 is 12.0 Å². The SMILES string of the molecule is O=CC(=NOC(c1ccccc1)(c1ccccc1)c1ccccc1)c1ccccc1. The highest BCUT2D eigenvalue weighted by Crippen LogP contribution is 2.40. The monoisotopic (exact) mass is 391 g/mol. The molecule has 0 N–H and O–H groups in total. The molecule has 0 aromatic heterocycles. The first-order chi connectivity index (χ1) is 14.8. The van der Waals surface area contributed by atoms with Crippen LogP contribution in [-0.2, 0) is 15.2 Å². The molecule has 146 valence electrons. The van der Waals surface area contributed by atoms with Crippen molar-refractivity contribution in [3.8, 4) is 0 Å². The molecule has 4 aromatic rings. The van der Waals surface area contributed by atoms with E-state index in [2.05, 4.69) is 5.16 Å². The van der Waals surface area contributed by atoms with Gasteiger partial charge in [-0.2, -0.15) is 0 Å². The second kappa shape index (κ2) is 9.01. The van der Waals surface area contributed by atoms with Gasteiger partial charge < -0.3 is 4.84 Å². The second-order valence-corrected chi connectivity index (χ2v) is 6.83. The Kier molecular flexibility index (Phi) is 5.81. The fourth-order valence-corrected chi connectivity index (χ4v) is 3.55. The largest absolute Gasteiger partial charge is 0.374 e. The summed E-state index contributed by atoms with van der Waals surface area (Å²) in [4.78, 5) is 18.2. The number of oxime groups is 1. The molecule has 0 heterocycles. The Hall–Kier alpha value is -3.98. The first-order valence-electron chi connectivity index (χ1n) is 9.78. The molecule has 0 bridgehead atoms. The first-order valence-corrected chi connectivity index (χ1v) is 9.78. The number of carbonyl (C=O) groups is 1. The van der Waals surface area contributed by atoms with Gasteiger partial charge in [-0.05, 0) is 0 Å². The summed E-state index contributed by atoms with van der Waals surface area (Å²) < 4.78 is 0. The van der Waals surface area contributed by atoms with Crippen molar-refractivity contribution in [1.29, 1.82) is 0 Å². The van der Waals surface area contributed by atoms with Crippen LogP contribution >= 0.6 is 0 Å². The van der Waals surface area contributed by atoms with Crippen molar-refractivity contribution in [2.24, 2.45) is 5.16 Å². The molecular weight excluding hydrogens is 370 g/mol. The van der Waals surface area contributed by atoms with E-state index >= 15 is 0 Å². The Bertz CT molecular complexity index is 1010. The number of nitrogens with zero attached hydrogens (tertiary/aromatic N) is 1. The maximum atomic E-state index is 11.8. The maximum Gasteiger partial charge on any atom is 0.212 e. The Balaban J connectivity index is 1.93. The molecule has 0 fully saturated rings. The molecule has 0 saturated heterocycles. The van der Waals surface area contributed by atoms with Crippen molar-refractivity contribution in [3.63, 3.8) is 0 Å². The van der Waals surface area contributed by atoms with E-state index < -0.39 is 5.60 Å². The van der Waals surface area contributed by atoms with Gasteiger partial charge in [-0.15, -0.1) is 0 Å². The molecule has 0 spiro atoms. The third-order valence-electron chi connectivity index (χ3n) is 5.00.